The van der Waals surface area contributed by atoms with Gasteiger partial charge in [0, 0.05) is 31.3 Å². The van der Waals surface area contributed by atoms with E-state index in [9.17, 15) is 37.1 Å². The number of fused-ring (bicyclic) bond motifs is 2. The van der Waals surface area contributed by atoms with E-state index in [2.05, 4.69) is 26.0 Å². The highest BCUT2D eigenvalue weighted by molar-refractivity contribution is 6.23. The summed E-state index contributed by atoms with van der Waals surface area (Å²) in [5.41, 5.74) is -0.438. The Bertz CT molecular complexity index is 1890. The molecule has 0 radical (unpaired) electrons. The molecule has 0 aliphatic carbocycles. The van der Waals surface area contributed by atoms with Gasteiger partial charge < -0.3 is 15.1 Å². The van der Waals surface area contributed by atoms with Crippen LogP contribution in [-0.4, -0.2) is 68.2 Å². The number of amides is 5. The van der Waals surface area contributed by atoms with E-state index in [-0.39, 0.29) is 46.8 Å². The first-order valence-corrected chi connectivity index (χ1v) is 14.9. The maximum Gasteiger partial charge on any atom is 0.433 e. The summed E-state index contributed by atoms with van der Waals surface area (Å²) in [5, 5.41) is 11.9. The third-order valence-electron chi connectivity index (χ3n) is 7.88. The summed E-state index contributed by atoms with van der Waals surface area (Å²) in [6.45, 7) is 0.863. The number of halogens is 3. The molecule has 1 unspecified atom stereocenters. The van der Waals surface area contributed by atoms with E-state index < -0.39 is 47.4 Å². The number of rotatable bonds is 11. The van der Waals surface area contributed by atoms with Gasteiger partial charge in [-0.3, -0.25) is 34.2 Å². The molecule has 1 fully saturated rings. The normalized spacial score (nSPS) is 16.5. The fraction of sp³-hybridized carbons (Fsp3) is 0.323. The van der Waals surface area contributed by atoms with Gasteiger partial charge in [-0.25, -0.2) is 9.50 Å². The summed E-state index contributed by atoms with van der Waals surface area (Å²) in [6.07, 6.45) is -0.344. The average Bonchev–Trinajstić information content (AvgIpc) is 3.77. The number of nitrogens with zero attached hydrogens (tertiary/aromatic N) is 4. The van der Waals surface area contributed by atoms with Crippen molar-refractivity contribution in [2.24, 2.45) is 0 Å². The second-order valence-electron chi connectivity index (χ2n) is 11.1. The molecule has 5 heterocycles. The minimum Gasteiger partial charge on any atom is -0.463 e. The minimum absolute atomic E-state index is 0.0349. The van der Waals surface area contributed by atoms with E-state index >= 15 is 0 Å². The SMILES string of the molecule is O=C1CCC(N2C(=O)c3ccc(NCCCCCCNC(=O)c4cc5nc(-c6ccco6)cc(C(F)(F)F)n5n4)cc3C2=O)C(=O)N1. The highest BCUT2D eigenvalue weighted by Gasteiger charge is 2.44. The average molecular weight is 652 g/mol. The zero-order valence-corrected chi connectivity index (χ0v) is 24.7. The Morgan fingerprint density at radius 1 is 0.979 bits per heavy atom. The van der Waals surface area contributed by atoms with Crippen molar-refractivity contribution in [3.63, 3.8) is 0 Å². The van der Waals surface area contributed by atoms with Gasteiger partial charge in [-0.15, -0.1) is 0 Å². The predicted octanol–water partition coefficient (Wildman–Crippen LogP) is 3.81. The largest absolute Gasteiger partial charge is 0.463 e. The first kappa shape index (κ1) is 31.4. The number of anilines is 1. The summed E-state index contributed by atoms with van der Waals surface area (Å²) in [5.74, 6) is -2.72. The number of hydrogen-bond acceptors (Lipinski definition) is 9. The molecule has 5 amide bonds. The second kappa shape index (κ2) is 12.7. The molecule has 244 valence electrons. The molecule has 3 aromatic heterocycles. The monoisotopic (exact) mass is 651 g/mol. The maximum atomic E-state index is 13.7. The zero-order valence-electron chi connectivity index (χ0n) is 24.7. The Morgan fingerprint density at radius 2 is 1.74 bits per heavy atom. The molecule has 1 aromatic carbocycles. The van der Waals surface area contributed by atoms with Gasteiger partial charge in [-0.05, 0) is 55.7 Å². The van der Waals surface area contributed by atoms with E-state index in [4.69, 9.17) is 4.42 Å². The van der Waals surface area contributed by atoms with Gasteiger partial charge in [0.2, 0.25) is 11.8 Å². The lowest BCUT2D eigenvalue weighted by molar-refractivity contribution is -0.142. The van der Waals surface area contributed by atoms with Crippen molar-refractivity contribution in [3.05, 3.63) is 71.2 Å². The van der Waals surface area contributed by atoms with Crippen molar-refractivity contribution < 1.29 is 41.6 Å². The third-order valence-corrected chi connectivity index (χ3v) is 7.88. The number of imide groups is 2. The molecule has 1 atom stereocenters. The number of furan rings is 1. The van der Waals surface area contributed by atoms with Crippen LogP contribution in [0, 0.1) is 0 Å². The van der Waals surface area contributed by atoms with Gasteiger partial charge in [0.25, 0.3) is 17.7 Å². The number of aromatic nitrogens is 3. The molecule has 6 rings (SSSR count). The van der Waals surface area contributed by atoms with E-state index in [0.29, 0.717) is 29.7 Å². The van der Waals surface area contributed by atoms with Crippen molar-refractivity contribution in [2.45, 2.75) is 50.7 Å². The van der Waals surface area contributed by atoms with Crippen LogP contribution in [0.5, 0.6) is 0 Å². The minimum atomic E-state index is -4.74. The molecule has 0 spiro atoms. The fourth-order valence-electron chi connectivity index (χ4n) is 5.55. The van der Waals surface area contributed by atoms with Crippen molar-refractivity contribution in [1.82, 2.24) is 30.1 Å². The summed E-state index contributed by atoms with van der Waals surface area (Å²) in [6, 6.07) is 8.78. The van der Waals surface area contributed by atoms with E-state index in [1.54, 1.807) is 12.1 Å². The van der Waals surface area contributed by atoms with Gasteiger partial charge in [0.1, 0.15) is 11.7 Å². The van der Waals surface area contributed by atoms with Crippen LogP contribution in [0.15, 0.2) is 53.1 Å². The number of carbonyl (C=O) groups excluding carboxylic acids is 5. The van der Waals surface area contributed by atoms with Gasteiger partial charge in [-0.1, -0.05) is 12.8 Å². The number of carbonyl (C=O) groups is 5. The molecule has 4 aromatic rings. The molecule has 47 heavy (non-hydrogen) atoms. The lowest BCUT2D eigenvalue weighted by Crippen LogP contribution is -2.54. The van der Waals surface area contributed by atoms with Crippen LogP contribution < -0.4 is 16.0 Å². The molecular weight excluding hydrogens is 623 g/mol. The first-order valence-electron chi connectivity index (χ1n) is 14.9. The molecule has 2 aliphatic heterocycles. The Labute approximate surface area is 264 Å². The number of nitrogens with one attached hydrogen (secondary N) is 3. The fourth-order valence-corrected chi connectivity index (χ4v) is 5.55. The van der Waals surface area contributed by atoms with Crippen LogP contribution in [0.4, 0.5) is 18.9 Å². The van der Waals surface area contributed by atoms with Gasteiger partial charge in [0.15, 0.2) is 22.8 Å². The van der Waals surface area contributed by atoms with Crippen molar-refractivity contribution >= 4 is 40.9 Å². The molecule has 13 nitrogen and oxygen atoms in total. The van der Waals surface area contributed by atoms with Crippen LogP contribution in [0.2, 0.25) is 0 Å². The number of benzene rings is 1. The van der Waals surface area contributed by atoms with E-state index in [1.807, 2.05) is 0 Å². The quantitative estimate of drug-likeness (QED) is 0.161. The Hall–Kier alpha value is -5.54. The summed E-state index contributed by atoms with van der Waals surface area (Å²) < 4.78 is 47.0. The molecular formula is C31H28F3N7O6. The molecule has 16 heteroatoms. The highest BCUT2D eigenvalue weighted by atomic mass is 19.4. The van der Waals surface area contributed by atoms with Crippen LogP contribution >= 0.6 is 0 Å². The van der Waals surface area contributed by atoms with Crippen LogP contribution in [-0.2, 0) is 15.8 Å². The molecule has 0 saturated carbocycles. The third kappa shape index (κ3) is 6.43. The van der Waals surface area contributed by atoms with E-state index in [0.717, 1.165) is 30.2 Å². The van der Waals surface area contributed by atoms with Crippen LogP contribution in [0.3, 0.4) is 0 Å². The topological polar surface area (TPSA) is 168 Å². The maximum absolute atomic E-state index is 13.7. The van der Waals surface area contributed by atoms with Crippen molar-refractivity contribution in [1.29, 1.82) is 0 Å². The van der Waals surface area contributed by atoms with Crippen LogP contribution in [0.25, 0.3) is 17.1 Å². The number of hydrogen-bond donors (Lipinski definition) is 3. The smallest absolute Gasteiger partial charge is 0.433 e. The second-order valence-corrected chi connectivity index (χ2v) is 11.1. The van der Waals surface area contributed by atoms with E-state index in [1.165, 1.54) is 30.5 Å². The van der Waals surface area contributed by atoms with Gasteiger partial charge in [-0.2, -0.15) is 18.3 Å². The van der Waals surface area contributed by atoms with Crippen molar-refractivity contribution in [2.75, 3.05) is 18.4 Å². The number of unbranched alkanes of at least 4 members (excludes halogenated alkanes) is 3. The first-order chi connectivity index (χ1) is 22.5. The summed E-state index contributed by atoms with van der Waals surface area (Å²) in [4.78, 5) is 67.2. The van der Waals surface area contributed by atoms with Gasteiger partial charge in [0.05, 0.1) is 17.4 Å². The Kier molecular flexibility index (Phi) is 8.49. The molecule has 0 bridgehead atoms. The number of piperidine rings is 1. The zero-order chi connectivity index (χ0) is 33.3. The van der Waals surface area contributed by atoms with Crippen molar-refractivity contribution in [3.8, 4) is 11.5 Å². The molecule has 1 saturated heterocycles. The predicted molar refractivity (Wildman–Crippen MR) is 158 cm³/mol. The number of alkyl halides is 3. The van der Waals surface area contributed by atoms with Crippen LogP contribution in [0.1, 0.15) is 75.4 Å². The molecule has 3 N–H and O–H groups in total. The Morgan fingerprint density at radius 3 is 2.47 bits per heavy atom. The lowest BCUT2D eigenvalue weighted by atomic mass is 10.0. The summed E-state index contributed by atoms with van der Waals surface area (Å²) >= 11 is 0. The standard InChI is InChI=1S/C31H28F3N7O6/c32-31(33,34)24-15-20(23-6-5-13-47-23)37-25-16-21(39-41(24)25)27(43)36-12-4-2-1-3-11-35-17-7-8-18-19(14-17)30(46)40(29(18)45)22-9-10-26(42)38-28(22)44/h5-8,13-16,22,35H,1-4,9-12H2,(H,36,43)(H,38,42,44). The highest BCUT2D eigenvalue weighted by Crippen LogP contribution is 2.33. The Balaban J connectivity index is 0.952. The summed E-state index contributed by atoms with van der Waals surface area (Å²) in [7, 11) is 0. The lowest BCUT2D eigenvalue weighted by Gasteiger charge is -2.27. The van der Waals surface area contributed by atoms with Gasteiger partial charge >= 0.3 is 6.18 Å². The molecule has 2 aliphatic rings.